The third-order valence-electron chi connectivity index (χ3n) is 4.49. The molecule has 0 aliphatic carbocycles. The van der Waals surface area contributed by atoms with Gasteiger partial charge in [0.05, 0.1) is 20.3 Å². The first-order valence-electron chi connectivity index (χ1n) is 8.25. The molecule has 1 N–H and O–H groups in total. The van der Waals surface area contributed by atoms with E-state index >= 15 is 0 Å². The molecule has 1 fully saturated rings. The Hall–Kier alpha value is -1.27. The minimum atomic E-state index is 0.00296. The summed E-state index contributed by atoms with van der Waals surface area (Å²) in [5.41, 5.74) is 2.15. The molecule has 1 saturated heterocycles. The van der Waals surface area contributed by atoms with Gasteiger partial charge in [-0.25, -0.2) is 0 Å². The predicted molar refractivity (Wildman–Crippen MR) is 105 cm³/mol. The zero-order chi connectivity index (χ0) is 17.8. The first-order chi connectivity index (χ1) is 12.1. The first-order valence-corrected chi connectivity index (χ1v) is 9.42. The van der Waals surface area contributed by atoms with Crippen molar-refractivity contribution in [1.29, 1.82) is 0 Å². The molecule has 1 aliphatic heterocycles. The van der Waals surface area contributed by atoms with E-state index in [-0.39, 0.29) is 6.04 Å². The van der Waals surface area contributed by atoms with Crippen molar-refractivity contribution in [2.24, 2.45) is 0 Å². The summed E-state index contributed by atoms with van der Waals surface area (Å²) in [6.45, 7) is 3.79. The van der Waals surface area contributed by atoms with Gasteiger partial charge >= 0.3 is 0 Å². The molecule has 0 radical (unpaired) electrons. The van der Waals surface area contributed by atoms with Crippen molar-refractivity contribution in [3.63, 3.8) is 0 Å². The van der Waals surface area contributed by atoms with Gasteiger partial charge in [0, 0.05) is 46.8 Å². The summed E-state index contributed by atoms with van der Waals surface area (Å²) in [6.07, 6.45) is 0. The summed E-state index contributed by atoms with van der Waals surface area (Å²) in [5, 5.41) is 4.11. The van der Waals surface area contributed by atoms with Gasteiger partial charge in [-0.15, -0.1) is 0 Å². The van der Waals surface area contributed by atoms with E-state index in [0.29, 0.717) is 5.02 Å². The molecule has 0 spiro atoms. The second-order valence-electron chi connectivity index (χ2n) is 5.96. The standard InChI is InChI=1S/C19H22BrClN2O2/c1-24-17-5-3-13(20)11-15(17)19(23-9-7-22-8-10-23)16-12-14(21)4-6-18(16)25-2/h3-6,11-12,19,22H,7-10H2,1-2H3. The van der Waals surface area contributed by atoms with E-state index in [1.165, 1.54) is 0 Å². The normalized spacial score (nSPS) is 16.5. The Balaban J connectivity index is 2.17. The second kappa shape index (κ2) is 8.41. The Morgan fingerprint density at radius 2 is 1.60 bits per heavy atom. The van der Waals surface area contributed by atoms with Crippen LogP contribution in [0.1, 0.15) is 17.2 Å². The zero-order valence-electron chi connectivity index (χ0n) is 14.4. The average molecular weight is 426 g/mol. The molecule has 0 amide bonds. The molecule has 6 heteroatoms. The number of nitrogens with zero attached hydrogens (tertiary/aromatic N) is 1. The highest BCUT2D eigenvalue weighted by atomic mass is 79.9. The minimum Gasteiger partial charge on any atom is -0.496 e. The van der Waals surface area contributed by atoms with Gasteiger partial charge in [0.1, 0.15) is 11.5 Å². The highest BCUT2D eigenvalue weighted by Crippen LogP contribution is 2.41. The summed E-state index contributed by atoms with van der Waals surface area (Å²) in [5.74, 6) is 1.68. The van der Waals surface area contributed by atoms with Gasteiger partial charge in [0.2, 0.25) is 0 Å². The highest BCUT2D eigenvalue weighted by Gasteiger charge is 2.29. The average Bonchev–Trinajstić information content (AvgIpc) is 2.63. The van der Waals surface area contributed by atoms with Crippen LogP contribution in [0, 0.1) is 0 Å². The zero-order valence-corrected chi connectivity index (χ0v) is 16.7. The van der Waals surface area contributed by atoms with Crippen LogP contribution in [0.25, 0.3) is 0 Å². The summed E-state index contributed by atoms with van der Waals surface area (Å²) in [6, 6.07) is 11.9. The molecule has 1 heterocycles. The molecular formula is C19H22BrClN2O2. The predicted octanol–water partition coefficient (Wildman–Crippen LogP) is 4.11. The Morgan fingerprint density at radius 3 is 2.24 bits per heavy atom. The number of rotatable bonds is 5. The minimum absolute atomic E-state index is 0.00296. The number of piperazine rings is 1. The number of hydrogen-bond acceptors (Lipinski definition) is 4. The molecule has 3 rings (SSSR count). The quantitative estimate of drug-likeness (QED) is 0.781. The van der Waals surface area contributed by atoms with Crippen LogP contribution in [-0.2, 0) is 0 Å². The third kappa shape index (κ3) is 4.11. The largest absolute Gasteiger partial charge is 0.496 e. The SMILES string of the molecule is COc1ccc(Cl)cc1C(c1cc(Br)ccc1OC)N1CCNCC1. The summed E-state index contributed by atoms with van der Waals surface area (Å²) in [7, 11) is 3.40. The fraction of sp³-hybridized carbons (Fsp3) is 0.368. The van der Waals surface area contributed by atoms with Crippen molar-refractivity contribution in [3.05, 3.63) is 57.0 Å². The fourth-order valence-electron chi connectivity index (χ4n) is 3.34. The summed E-state index contributed by atoms with van der Waals surface area (Å²) in [4.78, 5) is 2.44. The van der Waals surface area contributed by atoms with Crippen LogP contribution in [-0.4, -0.2) is 45.3 Å². The Bertz CT molecular complexity index is 682. The molecule has 4 nitrogen and oxygen atoms in total. The second-order valence-corrected chi connectivity index (χ2v) is 7.31. The van der Waals surface area contributed by atoms with E-state index in [9.17, 15) is 0 Å². The molecule has 0 aromatic heterocycles. The van der Waals surface area contributed by atoms with Crippen LogP contribution in [0.4, 0.5) is 0 Å². The van der Waals surface area contributed by atoms with Crippen molar-refractivity contribution in [2.45, 2.75) is 6.04 Å². The number of halogens is 2. The molecular weight excluding hydrogens is 404 g/mol. The molecule has 1 unspecified atom stereocenters. The van der Waals surface area contributed by atoms with E-state index in [2.05, 4.69) is 32.2 Å². The van der Waals surface area contributed by atoms with Crippen LogP contribution in [0.2, 0.25) is 5.02 Å². The van der Waals surface area contributed by atoms with Crippen molar-refractivity contribution in [3.8, 4) is 11.5 Å². The maximum absolute atomic E-state index is 6.32. The van der Waals surface area contributed by atoms with Crippen molar-refractivity contribution >= 4 is 27.5 Å². The molecule has 1 atom stereocenters. The molecule has 2 aromatic rings. The van der Waals surface area contributed by atoms with E-state index in [0.717, 1.165) is 53.3 Å². The van der Waals surface area contributed by atoms with Crippen LogP contribution in [0.3, 0.4) is 0 Å². The van der Waals surface area contributed by atoms with Gasteiger partial charge in [0.15, 0.2) is 0 Å². The number of ether oxygens (including phenoxy) is 2. The van der Waals surface area contributed by atoms with E-state index in [1.807, 2.05) is 30.3 Å². The lowest BCUT2D eigenvalue weighted by atomic mass is 9.94. The molecule has 25 heavy (non-hydrogen) atoms. The van der Waals surface area contributed by atoms with Gasteiger partial charge in [-0.3, -0.25) is 4.90 Å². The van der Waals surface area contributed by atoms with Crippen molar-refractivity contribution in [2.75, 3.05) is 40.4 Å². The first kappa shape index (κ1) is 18.5. The van der Waals surface area contributed by atoms with E-state index in [1.54, 1.807) is 14.2 Å². The smallest absolute Gasteiger partial charge is 0.124 e. The fourth-order valence-corrected chi connectivity index (χ4v) is 3.90. The maximum Gasteiger partial charge on any atom is 0.124 e. The third-order valence-corrected chi connectivity index (χ3v) is 5.22. The number of benzene rings is 2. The molecule has 0 bridgehead atoms. The van der Waals surface area contributed by atoms with Gasteiger partial charge in [0.25, 0.3) is 0 Å². The lowest BCUT2D eigenvalue weighted by Crippen LogP contribution is -2.45. The van der Waals surface area contributed by atoms with Crippen molar-refractivity contribution in [1.82, 2.24) is 10.2 Å². The monoisotopic (exact) mass is 424 g/mol. The Morgan fingerprint density at radius 1 is 1.00 bits per heavy atom. The molecule has 1 aliphatic rings. The van der Waals surface area contributed by atoms with Crippen molar-refractivity contribution < 1.29 is 9.47 Å². The lowest BCUT2D eigenvalue weighted by molar-refractivity contribution is 0.192. The van der Waals surface area contributed by atoms with Gasteiger partial charge in [-0.05, 0) is 36.4 Å². The van der Waals surface area contributed by atoms with Crippen LogP contribution in [0.15, 0.2) is 40.9 Å². The topological polar surface area (TPSA) is 33.7 Å². The van der Waals surface area contributed by atoms with Crippen LogP contribution in [0.5, 0.6) is 11.5 Å². The van der Waals surface area contributed by atoms with Gasteiger partial charge in [-0.1, -0.05) is 27.5 Å². The number of hydrogen-bond donors (Lipinski definition) is 1. The number of methoxy groups -OCH3 is 2. The van der Waals surface area contributed by atoms with E-state index < -0.39 is 0 Å². The summed E-state index contributed by atoms with van der Waals surface area (Å²) < 4.78 is 12.3. The van der Waals surface area contributed by atoms with Crippen LogP contribution >= 0.6 is 27.5 Å². The molecule has 134 valence electrons. The van der Waals surface area contributed by atoms with Crippen LogP contribution < -0.4 is 14.8 Å². The van der Waals surface area contributed by atoms with Gasteiger partial charge in [-0.2, -0.15) is 0 Å². The lowest BCUT2D eigenvalue weighted by Gasteiger charge is -2.36. The Labute approximate surface area is 162 Å². The number of nitrogens with one attached hydrogen (secondary N) is 1. The van der Waals surface area contributed by atoms with E-state index in [4.69, 9.17) is 21.1 Å². The Kier molecular flexibility index (Phi) is 6.23. The maximum atomic E-state index is 6.32. The molecule has 2 aromatic carbocycles. The highest BCUT2D eigenvalue weighted by molar-refractivity contribution is 9.10. The molecule has 0 saturated carbocycles. The van der Waals surface area contributed by atoms with Gasteiger partial charge < -0.3 is 14.8 Å². The summed E-state index contributed by atoms with van der Waals surface area (Å²) >= 11 is 9.92.